The minimum Gasteiger partial charge on any atom is -0.488 e. The maximum atomic E-state index is 11.0. The van der Waals surface area contributed by atoms with Gasteiger partial charge in [-0.1, -0.05) is 12.1 Å². The molecule has 0 atom stereocenters. The molecule has 2 aromatic carbocycles. The van der Waals surface area contributed by atoms with Crippen molar-refractivity contribution in [3.05, 3.63) is 53.6 Å². The smallest absolute Gasteiger partial charge is 0.335 e. The molecule has 2 heterocycles. The van der Waals surface area contributed by atoms with Crippen LogP contribution < -0.4 is 14.2 Å². The first-order valence-corrected chi connectivity index (χ1v) is 8.28. The molecule has 4 rings (SSSR count). The van der Waals surface area contributed by atoms with Gasteiger partial charge in [-0.25, -0.2) is 4.79 Å². The first-order chi connectivity index (χ1) is 12.2. The number of hydrogen-bond acceptors (Lipinski definition) is 5. The molecule has 1 N–H and O–H groups in total. The van der Waals surface area contributed by atoms with Crippen LogP contribution in [0.2, 0.25) is 0 Å². The SMILES string of the molecule is O=C(O)c1cccc(OC2CN(Cc3ccc4c(c3)OCCO4)C2)c1. The van der Waals surface area contributed by atoms with Gasteiger partial charge in [-0.3, -0.25) is 4.90 Å². The molecule has 0 unspecified atom stereocenters. The predicted molar refractivity (Wildman–Crippen MR) is 90.5 cm³/mol. The van der Waals surface area contributed by atoms with E-state index in [9.17, 15) is 4.79 Å². The number of carbonyl (C=O) groups is 1. The Labute approximate surface area is 145 Å². The zero-order chi connectivity index (χ0) is 17.2. The Balaban J connectivity index is 1.30. The number of fused-ring (bicyclic) bond motifs is 1. The molecule has 6 nitrogen and oxygen atoms in total. The molecule has 6 heteroatoms. The predicted octanol–water partition coefficient (Wildman–Crippen LogP) is 2.42. The highest BCUT2D eigenvalue weighted by atomic mass is 16.6. The average molecular weight is 341 g/mol. The fraction of sp³-hybridized carbons (Fsp3) is 0.316. The lowest BCUT2D eigenvalue weighted by Gasteiger charge is -2.39. The number of carboxylic acids is 1. The third-order valence-electron chi connectivity index (χ3n) is 4.32. The van der Waals surface area contributed by atoms with Crippen molar-refractivity contribution in [2.45, 2.75) is 12.6 Å². The molecule has 0 amide bonds. The number of likely N-dealkylation sites (tertiary alicyclic amines) is 1. The Morgan fingerprint density at radius 3 is 2.72 bits per heavy atom. The van der Waals surface area contributed by atoms with Crippen LogP contribution in [0.5, 0.6) is 17.2 Å². The molecule has 25 heavy (non-hydrogen) atoms. The molecule has 0 spiro atoms. The summed E-state index contributed by atoms with van der Waals surface area (Å²) in [4.78, 5) is 13.3. The summed E-state index contributed by atoms with van der Waals surface area (Å²) < 4.78 is 17.0. The van der Waals surface area contributed by atoms with Crippen molar-refractivity contribution in [1.29, 1.82) is 0 Å². The Hall–Kier alpha value is -2.73. The van der Waals surface area contributed by atoms with Crippen LogP contribution in [0.4, 0.5) is 0 Å². The highest BCUT2D eigenvalue weighted by Gasteiger charge is 2.28. The lowest BCUT2D eigenvalue weighted by atomic mass is 10.1. The number of nitrogens with zero attached hydrogens (tertiary/aromatic N) is 1. The van der Waals surface area contributed by atoms with E-state index in [1.165, 1.54) is 5.56 Å². The molecule has 0 saturated carbocycles. The summed E-state index contributed by atoms with van der Waals surface area (Å²) in [6, 6.07) is 12.6. The highest BCUT2D eigenvalue weighted by Crippen LogP contribution is 2.31. The molecule has 0 aromatic heterocycles. The van der Waals surface area contributed by atoms with Gasteiger partial charge in [0.1, 0.15) is 25.1 Å². The first kappa shape index (κ1) is 15.8. The number of aromatic carboxylic acids is 1. The van der Waals surface area contributed by atoms with E-state index < -0.39 is 5.97 Å². The third kappa shape index (κ3) is 3.53. The Morgan fingerprint density at radius 2 is 1.92 bits per heavy atom. The van der Waals surface area contributed by atoms with Crippen molar-refractivity contribution in [2.24, 2.45) is 0 Å². The lowest BCUT2D eigenvalue weighted by Crippen LogP contribution is -2.53. The number of benzene rings is 2. The Kier molecular flexibility index (Phi) is 4.19. The van der Waals surface area contributed by atoms with E-state index in [1.807, 2.05) is 12.1 Å². The summed E-state index contributed by atoms with van der Waals surface area (Å²) in [5.41, 5.74) is 1.42. The lowest BCUT2D eigenvalue weighted by molar-refractivity contribution is 0.0144. The van der Waals surface area contributed by atoms with Crippen LogP contribution in [0.1, 0.15) is 15.9 Å². The molecular formula is C19H19NO5. The van der Waals surface area contributed by atoms with Gasteiger partial charge in [0.15, 0.2) is 11.5 Å². The maximum absolute atomic E-state index is 11.0. The highest BCUT2D eigenvalue weighted by molar-refractivity contribution is 5.88. The normalized spacial score (nSPS) is 17.0. The Morgan fingerprint density at radius 1 is 1.12 bits per heavy atom. The fourth-order valence-electron chi connectivity index (χ4n) is 3.07. The van der Waals surface area contributed by atoms with Gasteiger partial charge in [0.05, 0.1) is 5.56 Å². The van der Waals surface area contributed by atoms with E-state index in [-0.39, 0.29) is 11.7 Å². The largest absolute Gasteiger partial charge is 0.488 e. The standard InChI is InChI=1S/C19H19NO5/c21-19(22)14-2-1-3-15(9-14)25-16-11-20(12-16)10-13-4-5-17-18(8-13)24-7-6-23-17/h1-5,8-9,16H,6-7,10-12H2,(H,21,22). The molecule has 130 valence electrons. The van der Waals surface area contributed by atoms with Gasteiger partial charge in [-0.05, 0) is 35.9 Å². The molecule has 0 radical (unpaired) electrons. The fourth-order valence-corrected chi connectivity index (χ4v) is 3.07. The topological polar surface area (TPSA) is 68.2 Å². The number of carboxylic acid groups (broad SMARTS) is 1. The van der Waals surface area contributed by atoms with Crippen molar-refractivity contribution in [3.63, 3.8) is 0 Å². The molecule has 0 aliphatic carbocycles. The van der Waals surface area contributed by atoms with Gasteiger partial charge < -0.3 is 19.3 Å². The maximum Gasteiger partial charge on any atom is 0.335 e. The number of ether oxygens (including phenoxy) is 3. The van der Waals surface area contributed by atoms with Crippen LogP contribution in [-0.4, -0.2) is 48.4 Å². The van der Waals surface area contributed by atoms with Crippen LogP contribution in [0, 0.1) is 0 Å². The Bertz CT molecular complexity index is 785. The molecule has 2 aliphatic heterocycles. The summed E-state index contributed by atoms with van der Waals surface area (Å²) in [6.45, 7) is 3.63. The zero-order valence-electron chi connectivity index (χ0n) is 13.7. The van der Waals surface area contributed by atoms with E-state index in [2.05, 4.69) is 11.0 Å². The zero-order valence-corrected chi connectivity index (χ0v) is 13.7. The second-order valence-corrected chi connectivity index (χ2v) is 6.24. The molecule has 2 aromatic rings. The summed E-state index contributed by atoms with van der Waals surface area (Å²) >= 11 is 0. The van der Waals surface area contributed by atoms with Crippen molar-refractivity contribution in [1.82, 2.24) is 4.90 Å². The van der Waals surface area contributed by atoms with Crippen LogP contribution in [0.3, 0.4) is 0 Å². The molecule has 2 aliphatic rings. The summed E-state index contributed by atoms with van der Waals surface area (Å²) in [5.74, 6) is 1.27. The van der Waals surface area contributed by atoms with Crippen molar-refractivity contribution < 1.29 is 24.1 Å². The van der Waals surface area contributed by atoms with E-state index >= 15 is 0 Å². The van der Waals surface area contributed by atoms with Gasteiger partial charge in [0.25, 0.3) is 0 Å². The second-order valence-electron chi connectivity index (χ2n) is 6.24. The minimum absolute atomic E-state index is 0.0845. The van der Waals surface area contributed by atoms with Crippen molar-refractivity contribution in [3.8, 4) is 17.2 Å². The first-order valence-electron chi connectivity index (χ1n) is 8.28. The van der Waals surface area contributed by atoms with Crippen LogP contribution in [0.15, 0.2) is 42.5 Å². The van der Waals surface area contributed by atoms with Gasteiger partial charge >= 0.3 is 5.97 Å². The van der Waals surface area contributed by atoms with Gasteiger partial charge in [-0.15, -0.1) is 0 Å². The number of rotatable bonds is 5. The number of hydrogen-bond donors (Lipinski definition) is 1. The van der Waals surface area contributed by atoms with Gasteiger partial charge in [0.2, 0.25) is 0 Å². The van der Waals surface area contributed by atoms with Crippen LogP contribution in [0.25, 0.3) is 0 Å². The van der Waals surface area contributed by atoms with Crippen molar-refractivity contribution >= 4 is 5.97 Å². The average Bonchev–Trinajstić information content (AvgIpc) is 2.60. The molecule has 1 fully saturated rings. The molecule has 0 bridgehead atoms. The van der Waals surface area contributed by atoms with E-state index in [1.54, 1.807) is 24.3 Å². The van der Waals surface area contributed by atoms with Crippen molar-refractivity contribution in [2.75, 3.05) is 26.3 Å². The minimum atomic E-state index is -0.945. The van der Waals surface area contributed by atoms with E-state index in [4.69, 9.17) is 19.3 Å². The van der Waals surface area contributed by atoms with E-state index in [0.717, 1.165) is 31.1 Å². The monoisotopic (exact) mass is 341 g/mol. The second kappa shape index (κ2) is 6.64. The van der Waals surface area contributed by atoms with E-state index in [0.29, 0.717) is 19.0 Å². The summed E-state index contributed by atoms with van der Waals surface area (Å²) in [5, 5.41) is 9.02. The quantitative estimate of drug-likeness (QED) is 0.901. The molecule has 1 saturated heterocycles. The van der Waals surface area contributed by atoms with Gasteiger partial charge in [-0.2, -0.15) is 0 Å². The summed E-state index contributed by atoms with van der Waals surface area (Å²) in [7, 11) is 0. The summed E-state index contributed by atoms with van der Waals surface area (Å²) in [6.07, 6.45) is 0.0845. The third-order valence-corrected chi connectivity index (χ3v) is 4.32. The van der Waals surface area contributed by atoms with Crippen LogP contribution >= 0.6 is 0 Å². The molecular weight excluding hydrogens is 322 g/mol. The van der Waals surface area contributed by atoms with Gasteiger partial charge in [0, 0.05) is 19.6 Å². The van der Waals surface area contributed by atoms with Crippen LogP contribution in [-0.2, 0) is 6.54 Å².